The second-order valence-corrected chi connectivity index (χ2v) is 13.7. The monoisotopic (exact) mass is 639 g/mol. The first-order valence-corrected chi connectivity index (χ1v) is 16.1. The standard InChI is InChI=1S/C30H35NO8.C5H10O2/c1-17-11-23-22-8-7-20-13-21(32)9-10-29(20,2)27(22)24(33)14-30(23,3)26(17)25(34)16-38-28(35)19-6-4-5-18(12-19)15-39-31(36)37;1-2-3-4-5(6)7/h4-6,9-10,12-13,17,22-24,26-27,33H,7-8,11,14-16H2,1-3H3;2-4H2,1H3,(H,6,7). The van der Waals surface area contributed by atoms with Gasteiger partial charge in [0.2, 0.25) is 0 Å². The van der Waals surface area contributed by atoms with E-state index in [1.54, 1.807) is 24.3 Å². The number of nitrogens with zero attached hydrogens (tertiary/aromatic N) is 1. The van der Waals surface area contributed by atoms with Crippen LogP contribution in [0.25, 0.3) is 0 Å². The van der Waals surface area contributed by atoms with E-state index in [0.717, 1.165) is 37.7 Å². The van der Waals surface area contributed by atoms with E-state index in [0.29, 0.717) is 18.4 Å². The van der Waals surface area contributed by atoms with Gasteiger partial charge in [-0.1, -0.05) is 57.9 Å². The van der Waals surface area contributed by atoms with E-state index < -0.39 is 28.5 Å². The number of ketones is 2. The molecule has 1 aromatic carbocycles. The highest BCUT2D eigenvalue weighted by Crippen LogP contribution is 2.67. The lowest BCUT2D eigenvalue weighted by Crippen LogP contribution is -2.56. The van der Waals surface area contributed by atoms with Crippen LogP contribution in [0.3, 0.4) is 0 Å². The molecule has 1 aromatic rings. The quantitative estimate of drug-likeness (QED) is 0.189. The maximum atomic E-state index is 13.6. The van der Waals surface area contributed by atoms with Gasteiger partial charge in [0.15, 0.2) is 18.2 Å². The van der Waals surface area contributed by atoms with Crippen LogP contribution in [0, 0.1) is 50.5 Å². The predicted octanol–water partition coefficient (Wildman–Crippen LogP) is 5.52. The van der Waals surface area contributed by atoms with E-state index in [4.69, 9.17) is 9.84 Å². The summed E-state index contributed by atoms with van der Waals surface area (Å²) in [6, 6.07) is 6.14. The van der Waals surface area contributed by atoms with Crippen molar-refractivity contribution in [2.24, 2.45) is 40.4 Å². The van der Waals surface area contributed by atoms with Crippen LogP contribution in [0.5, 0.6) is 0 Å². The Labute approximate surface area is 269 Å². The van der Waals surface area contributed by atoms with Gasteiger partial charge in [0.05, 0.1) is 11.7 Å². The van der Waals surface area contributed by atoms with Gasteiger partial charge in [0.25, 0.3) is 5.09 Å². The van der Waals surface area contributed by atoms with Gasteiger partial charge in [-0.2, -0.15) is 0 Å². The van der Waals surface area contributed by atoms with E-state index >= 15 is 0 Å². The molecular weight excluding hydrogens is 594 g/mol. The fourth-order valence-corrected chi connectivity index (χ4v) is 8.93. The highest BCUT2D eigenvalue weighted by Gasteiger charge is 2.64. The second-order valence-electron chi connectivity index (χ2n) is 13.7. The number of benzene rings is 1. The van der Waals surface area contributed by atoms with Crippen molar-refractivity contribution in [2.75, 3.05) is 6.61 Å². The summed E-state index contributed by atoms with van der Waals surface area (Å²) in [5.41, 5.74) is 0.935. The lowest BCUT2D eigenvalue weighted by atomic mass is 9.46. The van der Waals surface area contributed by atoms with Gasteiger partial charge in [-0.05, 0) is 85.1 Å². The molecule has 0 heterocycles. The summed E-state index contributed by atoms with van der Waals surface area (Å²) in [4.78, 5) is 62.9. The van der Waals surface area contributed by atoms with Crippen LogP contribution in [0.2, 0.25) is 0 Å². The van der Waals surface area contributed by atoms with E-state index in [9.17, 15) is 34.4 Å². The molecule has 8 atom stereocenters. The number of ether oxygens (including phenoxy) is 1. The maximum absolute atomic E-state index is 13.6. The van der Waals surface area contributed by atoms with Crippen molar-refractivity contribution in [1.29, 1.82) is 0 Å². The first-order valence-electron chi connectivity index (χ1n) is 16.1. The molecule has 0 amide bonds. The molecule has 4 aliphatic carbocycles. The Bertz CT molecular complexity index is 1420. The summed E-state index contributed by atoms with van der Waals surface area (Å²) in [6.45, 7) is 7.62. The molecule has 3 saturated carbocycles. The Morgan fingerprint density at radius 3 is 2.59 bits per heavy atom. The van der Waals surface area contributed by atoms with E-state index in [-0.39, 0.29) is 65.3 Å². The topological polar surface area (TPSA) is 170 Å². The fourth-order valence-electron chi connectivity index (χ4n) is 8.93. The molecule has 5 rings (SSSR count). The molecule has 0 radical (unpaired) electrons. The zero-order chi connectivity index (χ0) is 33.8. The number of carbonyl (C=O) groups is 4. The molecule has 8 unspecified atom stereocenters. The molecule has 250 valence electrons. The molecule has 46 heavy (non-hydrogen) atoms. The van der Waals surface area contributed by atoms with Crippen molar-refractivity contribution in [3.63, 3.8) is 0 Å². The Morgan fingerprint density at radius 2 is 1.93 bits per heavy atom. The Balaban J connectivity index is 0.000000617. The summed E-state index contributed by atoms with van der Waals surface area (Å²) in [5.74, 6) is -1.33. The molecule has 11 nitrogen and oxygen atoms in total. The van der Waals surface area contributed by atoms with Crippen LogP contribution >= 0.6 is 0 Å². The molecule has 0 aliphatic heterocycles. The SMILES string of the molecule is CC1CC2C3CCC4=CC(=O)C=CC4(C)C3C(O)CC2(C)C1C(=O)COC(=O)c1cccc(CO[N+](=O)[O-])c1.CCCCC(=O)O. The van der Waals surface area contributed by atoms with E-state index in [2.05, 4.69) is 25.6 Å². The summed E-state index contributed by atoms with van der Waals surface area (Å²) < 4.78 is 5.41. The van der Waals surface area contributed by atoms with Crippen LogP contribution < -0.4 is 0 Å². The van der Waals surface area contributed by atoms with Gasteiger partial charge in [-0.25, -0.2) is 4.79 Å². The number of esters is 1. The lowest BCUT2D eigenvalue weighted by molar-refractivity contribution is -0.763. The Kier molecular flexibility index (Phi) is 10.9. The fraction of sp³-hybridized carbons (Fsp3) is 0.600. The first-order chi connectivity index (χ1) is 21.7. The number of rotatable bonds is 10. The third kappa shape index (κ3) is 7.24. The molecule has 0 saturated heterocycles. The molecule has 11 heteroatoms. The van der Waals surface area contributed by atoms with Crippen LogP contribution in [0.15, 0.2) is 48.1 Å². The smallest absolute Gasteiger partial charge is 0.338 e. The van der Waals surface area contributed by atoms with Gasteiger partial charge >= 0.3 is 11.9 Å². The minimum absolute atomic E-state index is 0.00221. The number of hydrogen-bond acceptors (Lipinski definition) is 9. The maximum Gasteiger partial charge on any atom is 0.338 e. The number of aliphatic hydroxyl groups is 1. The van der Waals surface area contributed by atoms with Crippen molar-refractivity contribution in [1.82, 2.24) is 0 Å². The molecule has 0 aromatic heterocycles. The number of carboxylic acid groups (broad SMARTS) is 1. The Morgan fingerprint density at radius 1 is 1.20 bits per heavy atom. The van der Waals surface area contributed by atoms with Crippen molar-refractivity contribution in [3.8, 4) is 0 Å². The lowest BCUT2D eigenvalue weighted by Gasteiger charge is -2.58. The average Bonchev–Trinajstić information content (AvgIpc) is 3.27. The zero-order valence-corrected chi connectivity index (χ0v) is 27.0. The number of fused-ring (bicyclic) bond motifs is 5. The number of carboxylic acids is 1. The molecule has 2 N–H and O–H groups in total. The largest absolute Gasteiger partial charge is 0.481 e. The number of carbonyl (C=O) groups excluding carboxylic acids is 3. The molecule has 0 spiro atoms. The predicted molar refractivity (Wildman–Crippen MR) is 167 cm³/mol. The number of unbranched alkanes of at least 4 members (excludes halogenated alkanes) is 1. The van der Waals surface area contributed by atoms with Gasteiger partial charge < -0.3 is 19.8 Å². The van der Waals surface area contributed by atoms with E-state index in [1.165, 1.54) is 12.1 Å². The highest BCUT2D eigenvalue weighted by molar-refractivity contribution is 6.01. The summed E-state index contributed by atoms with van der Waals surface area (Å²) >= 11 is 0. The zero-order valence-electron chi connectivity index (χ0n) is 27.0. The van der Waals surface area contributed by atoms with Crippen molar-refractivity contribution >= 4 is 23.5 Å². The summed E-state index contributed by atoms with van der Waals surface area (Å²) in [7, 11) is 0. The van der Waals surface area contributed by atoms with Gasteiger partial charge in [0.1, 0.15) is 6.61 Å². The van der Waals surface area contributed by atoms with Crippen LogP contribution in [-0.4, -0.2) is 51.5 Å². The van der Waals surface area contributed by atoms with Crippen LogP contribution in [0.1, 0.15) is 88.6 Å². The molecule has 4 aliphatic rings. The van der Waals surface area contributed by atoms with Gasteiger partial charge in [-0.15, -0.1) is 10.1 Å². The van der Waals surface area contributed by atoms with Crippen LogP contribution in [0.4, 0.5) is 0 Å². The third-order valence-electron chi connectivity index (χ3n) is 10.8. The molecular formula is C35H45NO10. The van der Waals surface area contributed by atoms with Crippen molar-refractivity contribution in [3.05, 3.63) is 69.3 Å². The second kappa shape index (κ2) is 14.3. The minimum Gasteiger partial charge on any atom is -0.481 e. The number of allylic oxidation sites excluding steroid dienone is 4. The van der Waals surface area contributed by atoms with Crippen molar-refractivity contribution in [2.45, 2.75) is 85.4 Å². The van der Waals surface area contributed by atoms with Gasteiger partial charge in [0, 0.05) is 23.7 Å². The normalized spacial score (nSPS) is 32.5. The van der Waals surface area contributed by atoms with E-state index in [1.807, 2.05) is 13.0 Å². The number of aliphatic hydroxyl groups excluding tert-OH is 1. The molecule has 0 bridgehead atoms. The first kappa shape index (κ1) is 35.0. The number of Topliss-reactive ketones (excluding diaryl/α,β-unsaturated/α-hetero) is 1. The minimum atomic E-state index is -0.902. The van der Waals surface area contributed by atoms with Crippen molar-refractivity contribution < 1.29 is 44.1 Å². The average molecular weight is 640 g/mol. The number of hydrogen-bond donors (Lipinski definition) is 2. The highest BCUT2D eigenvalue weighted by atomic mass is 16.9. The van der Waals surface area contributed by atoms with Gasteiger partial charge in [-0.3, -0.25) is 14.4 Å². The number of aliphatic carboxylic acids is 1. The third-order valence-corrected chi connectivity index (χ3v) is 10.8. The molecule has 3 fully saturated rings. The Hall–Kier alpha value is -3.86. The van der Waals surface area contributed by atoms with Crippen LogP contribution in [-0.2, 0) is 30.6 Å². The summed E-state index contributed by atoms with van der Waals surface area (Å²) in [6.07, 6.45) is 9.84. The summed E-state index contributed by atoms with van der Waals surface area (Å²) in [5, 5.41) is 29.1.